The summed E-state index contributed by atoms with van der Waals surface area (Å²) in [6.07, 6.45) is -2.14. The van der Waals surface area contributed by atoms with Crippen LogP contribution < -0.4 is 0 Å². The third kappa shape index (κ3) is 6.30. The Hall–Kier alpha value is -2.96. The van der Waals surface area contributed by atoms with Crippen LogP contribution in [-0.4, -0.2) is 31.7 Å². The van der Waals surface area contributed by atoms with E-state index < -0.39 is 24.6 Å². The number of benzene rings is 3. The lowest BCUT2D eigenvalue weighted by Crippen LogP contribution is -2.55. The summed E-state index contributed by atoms with van der Waals surface area (Å²) in [5, 5.41) is 0. The van der Waals surface area contributed by atoms with E-state index in [0.29, 0.717) is 25.6 Å². The first-order chi connectivity index (χ1) is 16.2. The van der Waals surface area contributed by atoms with E-state index in [0.717, 1.165) is 16.7 Å². The third-order valence-electron chi connectivity index (χ3n) is 5.55. The van der Waals surface area contributed by atoms with Gasteiger partial charge in [0, 0.05) is 7.11 Å². The van der Waals surface area contributed by atoms with E-state index >= 15 is 0 Å². The summed E-state index contributed by atoms with van der Waals surface area (Å²) in [4.78, 5) is 0. The van der Waals surface area contributed by atoms with Gasteiger partial charge in [-0.1, -0.05) is 97.6 Å². The van der Waals surface area contributed by atoms with Gasteiger partial charge < -0.3 is 23.7 Å². The molecule has 0 bridgehead atoms. The maximum Gasteiger partial charge on any atom is 0.228 e. The Morgan fingerprint density at radius 2 is 1.06 bits per heavy atom. The zero-order valence-corrected chi connectivity index (χ0v) is 18.8. The van der Waals surface area contributed by atoms with Gasteiger partial charge in [-0.05, 0) is 16.7 Å². The van der Waals surface area contributed by atoms with Crippen molar-refractivity contribution in [3.8, 4) is 0 Å². The first kappa shape index (κ1) is 23.2. The second-order valence-corrected chi connectivity index (χ2v) is 7.93. The monoisotopic (exact) mass is 446 g/mol. The van der Waals surface area contributed by atoms with Gasteiger partial charge in [-0.25, -0.2) is 0 Å². The molecule has 1 heterocycles. The van der Waals surface area contributed by atoms with Gasteiger partial charge in [0.05, 0.1) is 19.8 Å². The van der Waals surface area contributed by atoms with Crippen LogP contribution >= 0.6 is 0 Å². The van der Waals surface area contributed by atoms with E-state index in [-0.39, 0.29) is 0 Å². The van der Waals surface area contributed by atoms with Crippen molar-refractivity contribution in [3.05, 3.63) is 120 Å². The summed E-state index contributed by atoms with van der Waals surface area (Å²) in [6, 6.07) is 30.0. The van der Waals surface area contributed by atoms with E-state index in [1.807, 2.05) is 91.0 Å². The summed E-state index contributed by atoms with van der Waals surface area (Å²) in [5.74, 6) is 0.468. The van der Waals surface area contributed by atoms with Gasteiger partial charge >= 0.3 is 0 Å². The van der Waals surface area contributed by atoms with Crippen LogP contribution in [0.4, 0.5) is 0 Å². The minimum atomic E-state index is -0.654. The minimum absolute atomic E-state index is 0.401. The molecule has 0 saturated carbocycles. The third-order valence-corrected chi connectivity index (χ3v) is 5.55. The van der Waals surface area contributed by atoms with Gasteiger partial charge in [-0.15, -0.1) is 0 Å². The predicted molar refractivity (Wildman–Crippen MR) is 126 cm³/mol. The number of hydrogen-bond acceptors (Lipinski definition) is 5. The van der Waals surface area contributed by atoms with Crippen LogP contribution in [-0.2, 0) is 43.5 Å². The Balaban J connectivity index is 1.54. The molecule has 33 heavy (non-hydrogen) atoms. The second kappa shape index (κ2) is 11.8. The van der Waals surface area contributed by atoms with E-state index in [2.05, 4.69) is 6.58 Å². The molecule has 0 aliphatic carbocycles. The number of ether oxygens (including phenoxy) is 5. The van der Waals surface area contributed by atoms with Crippen molar-refractivity contribution in [2.45, 2.75) is 44.4 Å². The largest absolute Gasteiger partial charge is 0.464 e. The summed E-state index contributed by atoms with van der Waals surface area (Å²) in [6.45, 7) is 5.32. The van der Waals surface area contributed by atoms with Crippen molar-refractivity contribution in [1.82, 2.24) is 0 Å². The molecule has 0 amide bonds. The second-order valence-electron chi connectivity index (χ2n) is 7.93. The smallest absolute Gasteiger partial charge is 0.228 e. The van der Waals surface area contributed by atoms with Crippen LogP contribution in [0.3, 0.4) is 0 Å². The molecular formula is C28H30O5. The minimum Gasteiger partial charge on any atom is -0.464 e. The van der Waals surface area contributed by atoms with Crippen molar-refractivity contribution in [1.29, 1.82) is 0 Å². The molecule has 172 valence electrons. The van der Waals surface area contributed by atoms with Crippen molar-refractivity contribution >= 4 is 0 Å². The van der Waals surface area contributed by atoms with Gasteiger partial charge in [0.1, 0.15) is 24.1 Å². The molecule has 0 N–H and O–H groups in total. The molecule has 3 aromatic rings. The molecule has 1 fully saturated rings. The zero-order chi connectivity index (χ0) is 22.9. The Labute approximate surface area is 195 Å². The average Bonchev–Trinajstić information content (AvgIpc) is 2.87. The first-order valence-corrected chi connectivity index (χ1v) is 11.1. The molecule has 1 aliphatic rings. The van der Waals surface area contributed by atoms with Crippen molar-refractivity contribution in [2.24, 2.45) is 0 Å². The van der Waals surface area contributed by atoms with Gasteiger partial charge in [0.2, 0.25) is 6.29 Å². The van der Waals surface area contributed by atoms with Gasteiger partial charge in [0.15, 0.2) is 0 Å². The maximum absolute atomic E-state index is 6.40. The van der Waals surface area contributed by atoms with Crippen LogP contribution in [0.1, 0.15) is 16.7 Å². The fourth-order valence-electron chi connectivity index (χ4n) is 3.81. The van der Waals surface area contributed by atoms with E-state index in [9.17, 15) is 0 Å². The lowest BCUT2D eigenvalue weighted by atomic mass is 10.0. The lowest BCUT2D eigenvalue weighted by molar-refractivity contribution is -0.270. The highest BCUT2D eigenvalue weighted by molar-refractivity contribution is 5.16. The van der Waals surface area contributed by atoms with Gasteiger partial charge in [-0.3, -0.25) is 0 Å². The molecule has 4 atom stereocenters. The molecule has 1 aliphatic heterocycles. The Bertz CT molecular complexity index is 977. The topological polar surface area (TPSA) is 46.2 Å². The maximum atomic E-state index is 6.40. The van der Waals surface area contributed by atoms with Crippen LogP contribution in [0, 0.1) is 0 Å². The lowest BCUT2D eigenvalue weighted by Gasteiger charge is -2.42. The molecule has 0 spiro atoms. The van der Waals surface area contributed by atoms with Crippen LogP contribution in [0.2, 0.25) is 0 Å². The van der Waals surface area contributed by atoms with Gasteiger partial charge in [0.25, 0.3) is 0 Å². The van der Waals surface area contributed by atoms with Crippen LogP contribution in [0.5, 0.6) is 0 Å². The SMILES string of the molecule is C=C1O[C@H](OC)[C@H](OCc2ccccc2)[C@@H](OCc2ccccc2)[C@@H]1OCc1ccccc1. The normalized spacial score (nSPS) is 22.6. The highest BCUT2D eigenvalue weighted by Gasteiger charge is 2.46. The quantitative estimate of drug-likeness (QED) is 0.425. The number of rotatable bonds is 10. The van der Waals surface area contributed by atoms with Crippen molar-refractivity contribution in [3.63, 3.8) is 0 Å². The molecule has 3 aromatic carbocycles. The Morgan fingerprint density at radius 3 is 1.52 bits per heavy atom. The fourth-order valence-corrected chi connectivity index (χ4v) is 3.81. The van der Waals surface area contributed by atoms with Crippen LogP contribution in [0.15, 0.2) is 103 Å². The van der Waals surface area contributed by atoms with E-state index in [1.165, 1.54) is 0 Å². The molecule has 5 nitrogen and oxygen atoms in total. The average molecular weight is 447 g/mol. The molecular weight excluding hydrogens is 416 g/mol. The summed E-state index contributed by atoms with van der Waals surface area (Å²) in [5.41, 5.74) is 3.18. The highest BCUT2D eigenvalue weighted by atomic mass is 16.7. The van der Waals surface area contributed by atoms with Crippen molar-refractivity contribution in [2.75, 3.05) is 7.11 Å². The predicted octanol–water partition coefficient (Wildman–Crippen LogP) is 5.26. The van der Waals surface area contributed by atoms with Gasteiger partial charge in [-0.2, -0.15) is 0 Å². The molecule has 0 aromatic heterocycles. The number of hydrogen-bond donors (Lipinski definition) is 0. The number of methoxy groups -OCH3 is 1. The highest BCUT2D eigenvalue weighted by Crippen LogP contribution is 2.32. The van der Waals surface area contributed by atoms with E-state index in [1.54, 1.807) is 7.11 Å². The summed E-state index contributed by atoms with van der Waals surface area (Å²) >= 11 is 0. The molecule has 0 unspecified atom stereocenters. The molecule has 1 saturated heterocycles. The summed E-state index contributed by atoms with van der Waals surface area (Å²) in [7, 11) is 1.59. The fraction of sp³-hybridized carbons (Fsp3) is 0.286. The molecule has 5 heteroatoms. The van der Waals surface area contributed by atoms with Crippen LogP contribution in [0.25, 0.3) is 0 Å². The molecule has 0 radical (unpaired) electrons. The molecule has 4 rings (SSSR count). The Kier molecular flexibility index (Phi) is 8.28. The summed E-state index contributed by atoms with van der Waals surface area (Å²) < 4.78 is 30.6. The standard InChI is InChI=1S/C28H30O5/c1-21-25(30-18-22-12-6-3-7-13-22)26(31-19-23-14-8-4-9-15-23)27(28(29-2)33-21)32-20-24-16-10-5-11-17-24/h3-17,25-28H,1,18-20H2,2H3/t25-,26+,27-,28+/m1/s1. The Morgan fingerprint density at radius 1 is 0.636 bits per heavy atom. The van der Waals surface area contributed by atoms with E-state index in [4.69, 9.17) is 23.7 Å². The van der Waals surface area contributed by atoms with Crippen molar-refractivity contribution < 1.29 is 23.7 Å². The zero-order valence-electron chi connectivity index (χ0n) is 18.8. The first-order valence-electron chi connectivity index (χ1n) is 11.1.